The third kappa shape index (κ3) is 5.86. The van der Waals surface area contributed by atoms with E-state index in [0.29, 0.717) is 13.1 Å². The predicted molar refractivity (Wildman–Crippen MR) is 88.6 cm³/mol. The molecule has 2 rings (SSSR count). The van der Waals surface area contributed by atoms with Crippen molar-refractivity contribution < 1.29 is 23.1 Å². The van der Waals surface area contributed by atoms with E-state index < -0.39 is 17.8 Å². The Morgan fingerprint density at radius 3 is 2.68 bits per heavy atom. The maximum Gasteiger partial charge on any atom is 0.433 e. The van der Waals surface area contributed by atoms with Crippen LogP contribution in [0.4, 0.5) is 13.2 Å². The highest BCUT2D eigenvalue weighted by Gasteiger charge is 2.37. The van der Waals surface area contributed by atoms with Crippen molar-refractivity contribution in [3.05, 3.63) is 17.5 Å². The molecule has 0 saturated carbocycles. The smallest absolute Gasteiger partial charge is 0.433 e. The van der Waals surface area contributed by atoms with E-state index in [9.17, 15) is 18.0 Å². The Morgan fingerprint density at radius 2 is 2.08 bits per heavy atom. The van der Waals surface area contributed by atoms with Crippen molar-refractivity contribution in [2.45, 2.75) is 38.0 Å². The van der Waals surface area contributed by atoms with Gasteiger partial charge in [0.15, 0.2) is 0 Å². The van der Waals surface area contributed by atoms with Gasteiger partial charge < -0.3 is 5.11 Å². The summed E-state index contributed by atoms with van der Waals surface area (Å²) in [4.78, 5) is 14.6. The molecule has 1 saturated heterocycles. The first kappa shape index (κ1) is 21.7. The SMILES string of the molecule is CN(CC(=O)O)C1CCCN(Cc2cnn(C)c2C(F)(F)F)CC1.Cl. The number of likely N-dealkylation sites (N-methyl/N-ethyl adjacent to an activating group) is 1. The molecule has 1 N–H and O–H groups in total. The maximum absolute atomic E-state index is 13.1. The lowest BCUT2D eigenvalue weighted by atomic mass is 10.1. The van der Waals surface area contributed by atoms with Crippen LogP contribution in [0.3, 0.4) is 0 Å². The molecular weight excluding hydrogens is 361 g/mol. The molecule has 1 aromatic rings. The first-order valence-corrected chi connectivity index (χ1v) is 7.91. The second kappa shape index (κ2) is 8.86. The van der Waals surface area contributed by atoms with Gasteiger partial charge in [0.05, 0.1) is 12.7 Å². The number of aryl methyl sites for hydroxylation is 1. The van der Waals surface area contributed by atoms with Gasteiger partial charge in [-0.2, -0.15) is 18.3 Å². The largest absolute Gasteiger partial charge is 0.480 e. The third-order valence-corrected chi connectivity index (χ3v) is 4.48. The maximum atomic E-state index is 13.1. The summed E-state index contributed by atoms with van der Waals surface area (Å²) < 4.78 is 40.2. The quantitative estimate of drug-likeness (QED) is 0.843. The normalized spacial score (nSPS) is 19.5. The highest BCUT2D eigenvalue weighted by atomic mass is 35.5. The molecule has 25 heavy (non-hydrogen) atoms. The van der Waals surface area contributed by atoms with Gasteiger partial charge >= 0.3 is 12.1 Å². The van der Waals surface area contributed by atoms with E-state index in [1.807, 2.05) is 4.90 Å². The van der Waals surface area contributed by atoms with Crippen molar-refractivity contribution in [2.24, 2.45) is 7.05 Å². The number of hydrogen-bond donors (Lipinski definition) is 1. The average molecular weight is 385 g/mol. The molecular formula is C15H24ClF3N4O2. The van der Waals surface area contributed by atoms with Crippen LogP contribution < -0.4 is 0 Å². The number of aliphatic carboxylic acids is 1. The molecule has 0 aromatic carbocycles. The van der Waals surface area contributed by atoms with E-state index in [-0.39, 0.29) is 37.1 Å². The summed E-state index contributed by atoms with van der Waals surface area (Å²) >= 11 is 0. The van der Waals surface area contributed by atoms with Crippen molar-refractivity contribution in [3.63, 3.8) is 0 Å². The molecule has 144 valence electrons. The summed E-state index contributed by atoms with van der Waals surface area (Å²) in [5.41, 5.74) is -0.520. The number of carboxylic acids is 1. The van der Waals surface area contributed by atoms with Gasteiger partial charge in [-0.3, -0.25) is 19.3 Å². The Bertz CT molecular complexity index is 580. The number of likely N-dealkylation sites (tertiary alicyclic amines) is 1. The van der Waals surface area contributed by atoms with Gasteiger partial charge in [-0.1, -0.05) is 0 Å². The molecule has 0 spiro atoms. The van der Waals surface area contributed by atoms with Crippen molar-refractivity contribution in [1.29, 1.82) is 0 Å². The Hall–Kier alpha value is -1.32. The number of halogens is 4. The number of aromatic nitrogens is 2. The summed E-state index contributed by atoms with van der Waals surface area (Å²) in [5, 5.41) is 12.6. The number of alkyl halides is 3. The van der Waals surface area contributed by atoms with Crippen molar-refractivity contribution in [2.75, 3.05) is 26.7 Å². The number of hydrogen-bond acceptors (Lipinski definition) is 4. The Balaban J connectivity index is 0.00000312. The molecule has 1 unspecified atom stereocenters. The minimum absolute atomic E-state index is 0. The minimum atomic E-state index is -4.42. The molecule has 1 fully saturated rings. The molecule has 1 aliphatic rings. The summed E-state index contributed by atoms with van der Waals surface area (Å²) in [6.07, 6.45) is -0.723. The summed E-state index contributed by atoms with van der Waals surface area (Å²) in [7, 11) is 3.07. The first-order chi connectivity index (χ1) is 11.2. The van der Waals surface area contributed by atoms with E-state index >= 15 is 0 Å². The standard InChI is InChI=1S/C15H23F3N4O2.ClH/c1-20(10-13(23)24)12-4-3-6-22(7-5-12)9-11-8-19-21(2)14(11)15(16,17)18;/h8,12H,3-7,9-10H2,1-2H3,(H,23,24);1H. The van der Waals surface area contributed by atoms with Gasteiger partial charge in [-0.15, -0.1) is 12.4 Å². The number of carboxylic acid groups (broad SMARTS) is 1. The molecule has 1 aromatic heterocycles. The van der Waals surface area contributed by atoms with E-state index in [1.54, 1.807) is 11.9 Å². The Kier molecular flexibility index (Phi) is 7.70. The molecule has 10 heteroatoms. The van der Waals surface area contributed by atoms with Crippen LogP contribution in [0.2, 0.25) is 0 Å². The van der Waals surface area contributed by atoms with Crippen LogP contribution in [0.25, 0.3) is 0 Å². The van der Waals surface area contributed by atoms with Gasteiger partial charge in [-0.25, -0.2) is 0 Å². The Labute approximate surface area is 151 Å². The van der Waals surface area contributed by atoms with E-state index in [4.69, 9.17) is 5.11 Å². The summed E-state index contributed by atoms with van der Waals surface area (Å²) in [6.45, 7) is 1.52. The van der Waals surface area contributed by atoms with Crippen molar-refractivity contribution >= 4 is 18.4 Å². The molecule has 0 aliphatic carbocycles. The third-order valence-electron chi connectivity index (χ3n) is 4.48. The monoisotopic (exact) mass is 384 g/mol. The van der Waals surface area contributed by atoms with E-state index in [1.165, 1.54) is 13.2 Å². The molecule has 0 bridgehead atoms. The molecule has 1 atom stereocenters. The molecule has 1 aliphatic heterocycles. The zero-order chi connectivity index (χ0) is 17.9. The molecule has 0 amide bonds. The van der Waals surface area contributed by atoms with Crippen LogP contribution in [0.15, 0.2) is 6.20 Å². The second-order valence-electron chi connectivity index (χ2n) is 6.31. The molecule has 0 radical (unpaired) electrons. The van der Waals surface area contributed by atoms with Crippen molar-refractivity contribution in [1.82, 2.24) is 19.6 Å². The van der Waals surface area contributed by atoms with Gasteiger partial charge in [0.1, 0.15) is 5.69 Å². The van der Waals surface area contributed by atoms with Crippen LogP contribution in [0, 0.1) is 0 Å². The molecule has 2 heterocycles. The number of rotatable bonds is 5. The van der Waals surface area contributed by atoms with E-state index in [2.05, 4.69) is 5.10 Å². The first-order valence-electron chi connectivity index (χ1n) is 7.91. The topological polar surface area (TPSA) is 61.6 Å². The molecule has 6 nitrogen and oxygen atoms in total. The zero-order valence-corrected chi connectivity index (χ0v) is 15.1. The highest BCUT2D eigenvalue weighted by Crippen LogP contribution is 2.32. The lowest BCUT2D eigenvalue weighted by molar-refractivity contribution is -0.144. The van der Waals surface area contributed by atoms with Gasteiger partial charge in [0, 0.05) is 25.2 Å². The van der Waals surface area contributed by atoms with Gasteiger partial charge in [0.25, 0.3) is 0 Å². The van der Waals surface area contributed by atoms with Gasteiger partial charge in [-0.05, 0) is 39.4 Å². The number of nitrogens with zero attached hydrogens (tertiary/aromatic N) is 4. The van der Waals surface area contributed by atoms with E-state index in [0.717, 1.165) is 23.9 Å². The second-order valence-corrected chi connectivity index (χ2v) is 6.31. The van der Waals surface area contributed by atoms with Crippen LogP contribution in [-0.2, 0) is 24.6 Å². The lowest BCUT2D eigenvalue weighted by Crippen LogP contribution is -2.36. The fourth-order valence-corrected chi connectivity index (χ4v) is 3.28. The summed E-state index contributed by atoms with van der Waals surface area (Å²) in [5.74, 6) is -0.871. The fourth-order valence-electron chi connectivity index (χ4n) is 3.28. The number of carbonyl (C=O) groups is 1. The average Bonchev–Trinajstić information content (AvgIpc) is 2.67. The van der Waals surface area contributed by atoms with Crippen molar-refractivity contribution in [3.8, 4) is 0 Å². The van der Waals surface area contributed by atoms with Crippen LogP contribution in [0.1, 0.15) is 30.5 Å². The minimum Gasteiger partial charge on any atom is -0.480 e. The lowest BCUT2D eigenvalue weighted by Gasteiger charge is -2.25. The van der Waals surface area contributed by atoms with Crippen LogP contribution in [-0.4, -0.2) is 63.4 Å². The van der Waals surface area contributed by atoms with Crippen LogP contribution in [0.5, 0.6) is 0 Å². The summed E-state index contributed by atoms with van der Waals surface area (Å²) in [6, 6.07) is 0.141. The Morgan fingerprint density at radius 1 is 1.40 bits per heavy atom. The predicted octanol–water partition coefficient (Wildman–Crippen LogP) is 2.23. The fraction of sp³-hybridized carbons (Fsp3) is 0.733. The van der Waals surface area contributed by atoms with Crippen LogP contribution >= 0.6 is 12.4 Å². The zero-order valence-electron chi connectivity index (χ0n) is 14.3. The van der Waals surface area contributed by atoms with Gasteiger partial charge in [0.2, 0.25) is 0 Å². The highest BCUT2D eigenvalue weighted by molar-refractivity contribution is 5.85.